The number of carbonyl (C=O) groups is 3. The second-order valence-electron chi connectivity index (χ2n) is 7.02. The normalized spacial score (nSPS) is 21.3. The van der Waals surface area contributed by atoms with E-state index in [9.17, 15) is 14.4 Å². The zero-order valence-electron chi connectivity index (χ0n) is 16.8. The van der Waals surface area contributed by atoms with Crippen LogP contribution < -0.4 is 20.7 Å². The van der Waals surface area contributed by atoms with Crippen molar-refractivity contribution in [3.63, 3.8) is 0 Å². The van der Waals surface area contributed by atoms with Crippen LogP contribution in [0.4, 0.5) is 4.79 Å². The highest BCUT2D eigenvalue weighted by Crippen LogP contribution is 2.27. The molecule has 1 fully saturated rings. The van der Waals surface area contributed by atoms with Gasteiger partial charge in [0.1, 0.15) is 11.8 Å². The first-order valence-corrected chi connectivity index (χ1v) is 10.4. The van der Waals surface area contributed by atoms with Gasteiger partial charge in [0, 0.05) is 23.6 Å². The number of imide groups is 1. The maximum absolute atomic E-state index is 12.5. The number of hydrogen-bond acceptors (Lipinski definition) is 6. The summed E-state index contributed by atoms with van der Waals surface area (Å²) in [4.78, 5) is 39.2. The largest absolute Gasteiger partial charge is 0.497 e. The van der Waals surface area contributed by atoms with Gasteiger partial charge in [-0.05, 0) is 44.4 Å². The van der Waals surface area contributed by atoms with E-state index in [0.29, 0.717) is 13.0 Å². The first kappa shape index (κ1) is 21.0. The molecule has 2 aliphatic rings. The van der Waals surface area contributed by atoms with Crippen LogP contribution in [-0.2, 0) is 16.0 Å². The van der Waals surface area contributed by atoms with Crippen LogP contribution in [0.15, 0.2) is 34.9 Å². The molecule has 8 nitrogen and oxygen atoms in total. The molecule has 156 valence electrons. The maximum atomic E-state index is 12.5. The van der Waals surface area contributed by atoms with E-state index in [1.54, 1.807) is 18.9 Å². The van der Waals surface area contributed by atoms with Gasteiger partial charge in [-0.1, -0.05) is 23.9 Å². The van der Waals surface area contributed by atoms with Gasteiger partial charge in [0.2, 0.25) is 5.91 Å². The first-order valence-electron chi connectivity index (χ1n) is 9.52. The molecule has 0 spiro atoms. The summed E-state index contributed by atoms with van der Waals surface area (Å²) in [6.07, 6.45) is 1.00. The molecular weight excluding hydrogens is 392 g/mol. The van der Waals surface area contributed by atoms with Gasteiger partial charge in [0.25, 0.3) is 5.91 Å². The van der Waals surface area contributed by atoms with Crippen LogP contribution in [-0.4, -0.2) is 47.9 Å². The number of nitrogens with one attached hydrogen (secondary N) is 3. The molecule has 0 unspecified atom stereocenters. The van der Waals surface area contributed by atoms with Crippen LogP contribution in [0.3, 0.4) is 0 Å². The number of amides is 4. The Hall–Kier alpha value is -2.68. The predicted molar refractivity (Wildman–Crippen MR) is 111 cm³/mol. The van der Waals surface area contributed by atoms with Gasteiger partial charge >= 0.3 is 6.03 Å². The minimum absolute atomic E-state index is 0.156. The Morgan fingerprint density at radius 1 is 1.21 bits per heavy atom. The summed E-state index contributed by atoms with van der Waals surface area (Å²) in [5, 5.41) is 8.74. The average molecular weight is 419 g/mol. The van der Waals surface area contributed by atoms with Crippen molar-refractivity contribution >= 4 is 29.6 Å². The predicted octanol–water partition coefficient (Wildman–Crippen LogP) is 1.93. The van der Waals surface area contributed by atoms with Crippen LogP contribution in [0.2, 0.25) is 0 Å². The van der Waals surface area contributed by atoms with E-state index in [0.717, 1.165) is 21.9 Å². The molecular formula is C20H26N4O4S. The summed E-state index contributed by atoms with van der Waals surface area (Å²) in [6.45, 7) is 4.25. The summed E-state index contributed by atoms with van der Waals surface area (Å²) < 4.78 is 5.12. The number of allylic oxidation sites excluding steroid dienone is 2. The Labute approximate surface area is 174 Å². The molecule has 2 aliphatic heterocycles. The van der Waals surface area contributed by atoms with Crippen molar-refractivity contribution < 1.29 is 19.1 Å². The van der Waals surface area contributed by atoms with Crippen LogP contribution in [0, 0.1) is 0 Å². The summed E-state index contributed by atoms with van der Waals surface area (Å²) in [7, 11) is 1.60. The lowest BCUT2D eigenvalue weighted by molar-refractivity contribution is -0.127. The molecule has 1 aromatic carbocycles. The van der Waals surface area contributed by atoms with Gasteiger partial charge in [-0.3, -0.25) is 14.5 Å². The van der Waals surface area contributed by atoms with Gasteiger partial charge < -0.3 is 20.7 Å². The maximum Gasteiger partial charge on any atom is 0.324 e. The second kappa shape index (κ2) is 9.21. The topological polar surface area (TPSA) is 99.8 Å². The Kier molecular flexibility index (Phi) is 6.68. The number of benzene rings is 1. The number of hydrogen-bond donors (Lipinski definition) is 3. The number of urea groups is 1. The molecule has 0 aliphatic carbocycles. The van der Waals surface area contributed by atoms with Gasteiger partial charge in [0.15, 0.2) is 5.50 Å². The molecule has 29 heavy (non-hydrogen) atoms. The van der Waals surface area contributed by atoms with Gasteiger partial charge in [-0.25, -0.2) is 4.79 Å². The van der Waals surface area contributed by atoms with E-state index in [4.69, 9.17) is 4.74 Å². The third-order valence-corrected chi connectivity index (χ3v) is 6.14. The summed E-state index contributed by atoms with van der Waals surface area (Å²) >= 11 is 1.55. The first-order chi connectivity index (χ1) is 13.9. The van der Waals surface area contributed by atoms with Crippen molar-refractivity contribution in [2.24, 2.45) is 0 Å². The van der Waals surface area contributed by atoms with E-state index >= 15 is 0 Å². The molecule has 0 saturated carbocycles. The van der Waals surface area contributed by atoms with Crippen molar-refractivity contribution in [3.05, 3.63) is 40.4 Å². The molecule has 0 radical (unpaired) electrons. The van der Waals surface area contributed by atoms with Crippen molar-refractivity contribution in [2.45, 2.75) is 44.6 Å². The van der Waals surface area contributed by atoms with E-state index < -0.39 is 12.1 Å². The Bertz CT molecular complexity index is 810. The van der Waals surface area contributed by atoms with Gasteiger partial charge in [-0.15, -0.1) is 0 Å². The highest BCUT2D eigenvalue weighted by molar-refractivity contribution is 8.03. The molecule has 2 atom stereocenters. The zero-order valence-corrected chi connectivity index (χ0v) is 17.6. The molecule has 3 N–H and O–H groups in total. The molecule has 0 bridgehead atoms. The summed E-state index contributed by atoms with van der Waals surface area (Å²) in [5.74, 6) is 0.323. The number of rotatable bonds is 8. The lowest BCUT2D eigenvalue weighted by atomic mass is 10.1. The lowest BCUT2D eigenvalue weighted by Crippen LogP contribution is -2.40. The lowest BCUT2D eigenvalue weighted by Gasteiger charge is -2.15. The minimum atomic E-state index is -0.657. The van der Waals surface area contributed by atoms with Crippen molar-refractivity contribution in [1.29, 1.82) is 0 Å². The van der Waals surface area contributed by atoms with E-state index in [1.807, 2.05) is 38.1 Å². The van der Waals surface area contributed by atoms with E-state index in [-0.39, 0.29) is 30.2 Å². The Morgan fingerprint density at radius 3 is 2.55 bits per heavy atom. The number of thioether (sulfide) groups is 1. The fourth-order valence-corrected chi connectivity index (χ4v) is 4.18. The Morgan fingerprint density at radius 2 is 1.93 bits per heavy atom. The van der Waals surface area contributed by atoms with Crippen LogP contribution in [0.25, 0.3) is 0 Å². The fraction of sp³-hybridized carbons (Fsp3) is 0.450. The monoisotopic (exact) mass is 418 g/mol. The Balaban J connectivity index is 1.44. The van der Waals surface area contributed by atoms with Crippen molar-refractivity contribution in [1.82, 2.24) is 20.9 Å². The fourth-order valence-electron chi connectivity index (χ4n) is 3.17. The highest BCUT2D eigenvalue weighted by atomic mass is 32.2. The number of carbonyl (C=O) groups excluding carboxylic acids is 3. The zero-order chi connectivity index (χ0) is 21.0. The molecule has 1 aromatic rings. The van der Waals surface area contributed by atoms with E-state index in [1.165, 1.54) is 4.90 Å². The third kappa shape index (κ3) is 5.23. The SMILES string of the molecule is COc1ccc(CCN2C(=O)N[C@H](CCC(=O)N[C@H]3NC(C)=C(C)S3)C2=O)cc1. The molecule has 3 rings (SSSR count). The number of ether oxygens (including phenoxy) is 1. The quantitative estimate of drug-likeness (QED) is 0.558. The number of methoxy groups -OCH3 is 1. The summed E-state index contributed by atoms with van der Waals surface area (Å²) in [6, 6.07) is 6.45. The van der Waals surface area contributed by atoms with Crippen molar-refractivity contribution in [2.75, 3.05) is 13.7 Å². The molecule has 2 heterocycles. The van der Waals surface area contributed by atoms with Crippen LogP contribution >= 0.6 is 11.8 Å². The minimum Gasteiger partial charge on any atom is -0.497 e. The van der Waals surface area contributed by atoms with Crippen LogP contribution in [0.5, 0.6) is 5.75 Å². The smallest absolute Gasteiger partial charge is 0.324 e. The van der Waals surface area contributed by atoms with E-state index in [2.05, 4.69) is 16.0 Å². The summed E-state index contributed by atoms with van der Waals surface area (Å²) in [5.41, 5.74) is 1.87. The standard InChI is InChI=1S/C20H26N4O4S/c1-12-13(2)29-19(21-12)23-17(25)9-8-16-18(26)24(20(27)22-16)11-10-14-4-6-15(28-3)7-5-14/h4-7,16,19,21H,8-11H2,1-3H3,(H,22,27)(H,23,25)/t16-,19-/m1/s1. The van der Waals surface area contributed by atoms with Gasteiger partial charge in [0.05, 0.1) is 7.11 Å². The van der Waals surface area contributed by atoms with Crippen molar-refractivity contribution in [3.8, 4) is 5.75 Å². The highest BCUT2D eigenvalue weighted by Gasteiger charge is 2.37. The second-order valence-corrected chi connectivity index (χ2v) is 8.34. The number of nitrogens with zero attached hydrogens (tertiary/aromatic N) is 1. The molecule has 0 aromatic heterocycles. The third-order valence-electron chi connectivity index (χ3n) is 5.01. The average Bonchev–Trinajstić information content (AvgIpc) is 3.16. The molecule has 9 heteroatoms. The molecule has 4 amide bonds. The van der Waals surface area contributed by atoms with Crippen LogP contribution in [0.1, 0.15) is 32.3 Å². The van der Waals surface area contributed by atoms with Gasteiger partial charge in [-0.2, -0.15) is 0 Å². The molecule has 1 saturated heterocycles.